The van der Waals surface area contributed by atoms with Crippen molar-refractivity contribution in [1.29, 1.82) is 0 Å². The average molecular weight is 226 g/mol. The molecule has 0 aliphatic heterocycles. The van der Waals surface area contributed by atoms with E-state index in [1.165, 1.54) is 5.56 Å². The minimum Gasteiger partial charge on any atom is -0.495 e. The Labute approximate surface area is 95.7 Å². The Morgan fingerprint density at radius 1 is 1.47 bits per heavy atom. The summed E-state index contributed by atoms with van der Waals surface area (Å²) in [5.41, 5.74) is 8.76. The van der Waals surface area contributed by atoms with Gasteiger partial charge in [0.1, 0.15) is 5.75 Å². The molecule has 1 aromatic carbocycles. The Kier molecular flexibility index (Phi) is 4.18. The fraction of sp³-hybridized carbons (Fsp3) is 0.333. The van der Waals surface area contributed by atoms with E-state index in [-0.39, 0.29) is 0 Å². The lowest BCUT2D eigenvalue weighted by Crippen LogP contribution is -1.96. The summed E-state index contributed by atoms with van der Waals surface area (Å²) in [6.45, 7) is 4.58. The standard InChI is InChI=1S/C12H16ClNO/c1-8-7-11(13)12(15-3)10(9(8)2)5-4-6-14/h4-5,7H,6,14H2,1-3H3/b5-4+. The van der Waals surface area contributed by atoms with Crippen LogP contribution in [-0.2, 0) is 0 Å². The fourth-order valence-corrected chi connectivity index (χ4v) is 1.81. The molecular weight excluding hydrogens is 210 g/mol. The Bertz CT molecular complexity index is 386. The second-order valence-corrected chi connectivity index (χ2v) is 3.79. The van der Waals surface area contributed by atoms with Crippen molar-refractivity contribution < 1.29 is 4.74 Å². The molecule has 3 heteroatoms. The van der Waals surface area contributed by atoms with Gasteiger partial charge in [0, 0.05) is 12.1 Å². The zero-order valence-electron chi connectivity index (χ0n) is 9.30. The molecule has 1 rings (SSSR count). The molecule has 82 valence electrons. The summed E-state index contributed by atoms with van der Waals surface area (Å²) >= 11 is 6.10. The van der Waals surface area contributed by atoms with E-state index in [1.54, 1.807) is 7.11 Å². The maximum Gasteiger partial charge on any atom is 0.144 e. The lowest BCUT2D eigenvalue weighted by molar-refractivity contribution is 0.413. The first-order valence-corrected chi connectivity index (χ1v) is 5.20. The Morgan fingerprint density at radius 2 is 2.13 bits per heavy atom. The van der Waals surface area contributed by atoms with Gasteiger partial charge in [0.25, 0.3) is 0 Å². The van der Waals surface area contributed by atoms with E-state index in [2.05, 4.69) is 0 Å². The summed E-state index contributed by atoms with van der Waals surface area (Å²) in [7, 11) is 1.62. The number of aryl methyl sites for hydroxylation is 1. The fourth-order valence-electron chi connectivity index (χ4n) is 1.47. The zero-order chi connectivity index (χ0) is 11.4. The van der Waals surface area contributed by atoms with Crippen molar-refractivity contribution >= 4 is 17.7 Å². The van der Waals surface area contributed by atoms with Crippen molar-refractivity contribution in [2.24, 2.45) is 5.73 Å². The van der Waals surface area contributed by atoms with E-state index >= 15 is 0 Å². The lowest BCUT2D eigenvalue weighted by atomic mass is 10.0. The smallest absolute Gasteiger partial charge is 0.144 e. The Balaban J connectivity index is 3.36. The number of halogens is 1. The largest absolute Gasteiger partial charge is 0.495 e. The summed E-state index contributed by atoms with van der Waals surface area (Å²) in [4.78, 5) is 0. The number of ether oxygens (including phenoxy) is 1. The number of hydrogen-bond acceptors (Lipinski definition) is 2. The summed E-state index contributed by atoms with van der Waals surface area (Å²) in [6.07, 6.45) is 3.84. The molecule has 15 heavy (non-hydrogen) atoms. The van der Waals surface area contributed by atoms with Crippen LogP contribution in [0, 0.1) is 13.8 Å². The van der Waals surface area contributed by atoms with E-state index < -0.39 is 0 Å². The molecule has 0 atom stereocenters. The molecule has 0 unspecified atom stereocenters. The van der Waals surface area contributed by atoms with E-state index in [1.807, 2.05) is 32.1 Å². The van der Waals surface area contributed by atoms with E-state index in [0.29, 0.717) is 17.3 Å². The normalized spacial score (nSPS) is 11.0. The summed E-state index contributed by atoms with van der Waals surface area (Å²) in [5.74, 6) is 0.712. The van der Waals surface area contributed by atoms with Crippen LogP contribution in [0.1, 0.15) is 16.7 Å². The highest BCUT2D eigenvalue weighted by molar-refractivity contribution is 6.32. The molecule has 0 amide bonds. The van der Waals surface area contributed by atoms with Crippen LogP contribution >= 0.6 is 11.6 Å². The van der Waals surface area contributed by atoms with Crippen molar-refractivity contribution in [1.82, 2.24) is 0 Å². The van der Waals surface area contributed by atoms with Gasteiger partial charge < -0.3 is 10.5 Å². The highest BCUT2D eigenvalue weighted by Gasteiger charge is 2.10. The van der Waals surface area contributed by atoms with Gasteiger partial charge in [0.2, 0.25) is 0 Å². The number of rotatable bonds is 3. The molecule has 0 radical (unpaired) electrons. The molecule has 0 fully saturated rings. The van der Waals surface area contributed by atoms with Crippen molar-refractivity contribution in [3.8, 4) is 5.75 Å². The predicted molar refractivity (Wildman–Crippen MR) is 65.6 cm³/mol. The van der Waals surface area contributed by atoms with Crippen LogP contribution in [0.2, 0.25) is 5.02 Å². The molecule has 2 N–H and O–H groups in total. The van der Waals surface area contributed by atoms with Crippen LogP contribution in [-0.4, -0.2) is 13.7 Å². The minimum atomic E-state index is 0.508. The third-order valence-electron chi connectivity index (χ3n) is 2.43. The molecule has 2 nitrogen and oxygen atoms in total. The van der Waals surface area contributed by atoms with Crippen molar-refractivity contribution in [3.05, 3.63) is 33.9 Å². The van der Waals surface area contributed by atoms with Gasteiger partial charge in [-0.2, -0.15) is 0 Å². The van der Waals surface area contributed by atoms with Crippen LogP contribution in [0.4, 0.5) is 0 Å². The monoisotopic (exact) mass is 225 g/mol. The quantitative estimate of drug-likeness (QED) is 0.859. The second-order valence-electron chi connectivity index (χ2n) is 3.39. The zero-order valence-corrected chi connectivity index (χ0v) is 10.1. The number of benzene rings is 1. The highest BCUT2D eigenvalue weighted by Crippen LogP contribution is 2.34. The topological polar surface area (TPSA) is 35.2 Å². The first-order valence-electron chi connectivity index (χ1n) is 4.82. The molecule has 0 aliphatic carbocycles. The van der Waals surface area contributed by atoms with Gasteiger partial charge in [-0.1, -0.05) is 23.8 Å². The van der Waals surface area contributed by atoms with E-state index in [0.717, 1.165) is 11.1 Å². The molecule has 0 saturated carbocycles. The SMILES string of the molecule is COc1c(Cl)cc(C)c(C)c1/C=C/CN. The number of methoxy groups -OCH3 is 1. The van der Waals surface area contributed by atoms with Crippen molar-refractivity contribution in [2.45, 2.75) is 13.8 Å². The van der Waals surface area contributed by atoms with Gasteiger partial charge in [-0.25, -0.2) is 0 Å². The third-order valence-corrected chi connectivity index (χ3v) is 2.71. The second kappa shape index (κ2) is 5.19. The molecule has 1 aromatic rings. The van der Waals surface area contributed by atoms with Gasteiger partial charge >= 0.3 is 0 Å². The van der Waals surface area contributed by atoms with Crippen LogP contribution in [0.25, 0.3) is 6.08 Å². The third kappa shape index (κ3) is 2.52. The summed E-state index contributed by atoms with van der Waals surface area (Å²) in [5, 5.41) is 0.636. The van der Waals surface area contributed by atoms with Crippen molar-refractivity contribution in [2.75, 3.05) is 13.7 Å². The number of nitrogens with two attached hydrogens (primary N) is 1. The molecule has 0 aromatic heterocycles. The van der Waals surface area contributed by atoms with E-state index in [9.17, 15) is 0 Å². The van der Waals surface area contributed by atoms with Crippen LogP contribution in [0.15, 0.2) is 12.1 Å². The van der Waals surface area contributed by atoms with Crippen LogP contribution in [0.5, 0.6) is 5.75 Å². The van der Waals surface area contributed by atoms with Gasteiger partial charge in [-0.3, -0.25) is 0 Å². The molecule has 0 spiro atoms. The van der Waals surface area contributed by atoms with Gasteiger partial charge in [0.05, 0.1) is 12.1 Å². The maximum atomic E-state index is 6.10. The summed E-state index contributed by atoms with van der Waals surface area (Å²) < 4.78 is 5.28. The minimum absolute atomic E-state index is 0.508. The summed E-state index contributed by atoms with van der Waals surface area (Å²) in [6, 6.07) is 1.91. The van der Waals surface area contributed by atoms with Gasteiger partial charge in [0.15, 0.2) is 0 Å². The van der Waals surface area contributed by atoms with Gasteiger partial charge in [-0.05, 0) is 31.0 Å². The molecule has 0 heterocycles. The first kappa shape index (κ1) is 12.1. The Morgan fingerprint density at radius 3 is 2.67 bits per heavy atom. The average Bonchev–Trinajstić information content (AvgIpc) is 2.21. The van der Waals surface area contributed by atoms with E-state index in [4.69, 9.17) is 22.1 Å². The Hall–Kier alpha value is -0.990. The molecule has 0 bridgehead atoms. The molecule has 0 aliphatic rings. The van der Waals surface area contributed by atoms with Crippen LogP contribution in [0.3, 0.4) is 0 Å². The van der Waals surface area contributed by atoms with Crippen LogP contribution < -0.4 is 10.5 Å². The number of hydrogen-bond donors (Lipinski definition) is 1. The maximum absolute atomic E-state index is 6.10. The first-order chi connectivity index (χ1) is 7.11. The molecular formula is C12H16ClNO. The highest BCUT2D eigenvalue weighted by atomic mass is 35.5. The molecule has 0 saturated heterocycles. The lowest BCUT2D eigenvalue weighted by Gasteiger charge is -2.12. The predicted octanol–water partition coefficient (Wildman–Crippen LogP) is 2.94. The van der Waals surface area contributed by atoms with Crippen molar-refractivity contribution in [3.63, 3.8) is 0 Å². The van der Waals surface area contributed by atoms with Gasteiger partial charge in [-0.15, -0.1) is 0 Å².